The molecule has 2 aliphatic rings. The monoisotopic (exact) mass is 433 g/mol. The lowest BCUT2D eigenvalue weighted by atomic mass is 10.0. The van der Waals surface area contributed by atoms with Crippen LogP contribution in [0.4, 0.5) is 0 Å². The molecule has 0 bridgehead atoms. The summed E-state index contributed by atoms with van der Waals surface area (Å²) in [6.07, 6.45) is 0.770. The molecule has 0 saturated carbocycles. The molecule has 0 N–H and O–H groups in total. The standard InChI is InChI=1S/C22H27NO4S2/c1-14-11-15(2)17(4)22(16(14)3)29(24,25)23-8-7-21(28-10-9-23)18-5-6-19-20(12-18)27-13-26-19/h5-6,11-12,21H,7-10,13H2,1-4H3. The highest BCUT2D eigenvalue weighted by Crippen LogP contribution is 2.41. The Bertz CT molecular complexity index is 1020. The van der Waals surface area contributed by atoms with Gasteiger partial charge in [0.2, 0.25) is 16.8 Å². The van der Waals surface area contributed by atoms with Gasteiger partial charge < -0.3 is 9.47 Å². The zero-order valence-electron chi connectivity index (χ0n) is 17.3. The second-order valence-corrected chi connectivity index (χ2v) is 10.9. The zero-order chi connectivity index (χ0) is 20.8. The second kappa shape index (κ2) is 7.85. The summed E-state index contributed by atoms with van der Waals surface area (Å²) in [5.41, 5.74) is 4.93. The number of nitrogens with zero attached hydrogens (tertiary/aromatic N) is 1. The van der Waals surface area contributed by atoms with Gasteiger partial charge in [0.1, 0.15) is 0 Å². The predicted octanol–water partition coefficient (Wildman–Crippen LogP) is 4.52. The van der Waals surface area contributed by atoms with Crippen molar-refractivity contribution in [2.24, 2.45) is 0 Å². The zero-order valence-corrected chi connectivity index (χ0v) is 19.0. The van der Waals surface area contributed by atoms with E-state index < -0.39 is 10.0 Å². The van der Waals surface area contributed by atoms with Gasteiger partial charge in [-0.1, -0.05) is 12.1 Å². The Kier molecular flexibility index (Phi) is 5.57. The molecule has 4 rings (SSSR count). The third kappa shape index (κ3) is 3.76. The van der Waals surface area contributed by atoms with E-state index in [0.717, 1.165) is 51.5 Å². The van der Waals surface area contributed by atoms with Crippen LogP contribution in [0.25, 0.3) is 0 Å². The van der Waals surface area contributed by atoms with Gasteiger partial charge in [0, 0.05) is 24.1 Å². The van der Waals surface area contributed by atoms with Crippen LogP contribution in [0.5, 0.6) is 11.5 Å². The van der Waals surface area contributed by atoms with E-state index >= 15 is 0 Å². The van der Waals surface area contributed by atoms with E-state index in [1.165, 1.54) is 0 Å². The average Bonchev–Trinajstić information content (AvgIpc) is 3.00. The highest BCUT2D eigenvalue weighted by Gasteiger charge is 2.32. The number of ether oxygens (including phenoxy) is 2. The van der Waals surface area contributed by atoms with E-state index in [-0.39, 0.29) is 12.0 Å². The lowest BCUT2D eigenvalue weighted by Gasteiger charge is -2.24. The summed E-state index contributed by atoms with van der Waals surface area (Å²) < 4.78 is 39.7. The molecule has 29 heavy (non-hydrogen) atoms. The molecular formula is C22H27NO4S2. The minimum Gasteiger partial charge on any atom is -0.454 e. The molecule has 0 spiro atoms. The van der Waals surface area contributed by atoms with Crippen molar-refractivity contribution < 1.29 is 17.9 Å². The van der Waals surface area contributed by atoms with E-state index in [0.29, 0.717) is 18.0 Å². The SMILES string of the molecule is Cc1cc(C)c(C)c(S(=O)(=O)N2CCSC(c3ccc4c(c3)OCO4)CC2)c1C. The van der Waals surface area contributed by atoms with Crippen molar-refractivity contribution >= 4 is 21.8 Å². The number of hydrogen-bond donors (Lipinski definition) is 0. The van der Waals surface area contributed by atoms with Gasteiger partial charge in [0.25, 0.3) is 0 Å². The van der Waals surface area contributed by atoms with Crippen molar-refractivity contribution in [2.75, 3.05) is 25.6 Å². The Morgan fingerprint density at radius 1 is 0.966 bits per heavy atom. The molecule has 1 atom stereocenters. The molecule has 0 radical (unpaired) electrons. The van der Waals surface area contributed by atoms with Crippen molar-refractivity contribution in [2.45, 2.75) is 44.3 Å². The highest BCUT2D eigenvalue weighted by molar-refractivity contribution is 7.99. The maximum Gasteiger partial charge on any atom is 0.243 e. The molecule has 7 heteroatoms. The predicted molar refractivity (Wildman–Crippen MR) is 117 cm³/mol. The fourth-order valence-corrected chi connectivity index (χ4v) is 7.43. The Hall–Kier alpha value is -1.70. The third-order valence-electron chi connectivity index (χ3n) is 5.96. The molecule has 0 aromatic heterocycles. The molecule has 1 fully saturated rings. The van der Waals surface area contributed by atoms with E-state index in [2.05, 4.69) is 12.1 Å². The number of hydrogen-bond acceptors (Lipinski definition) is 5. The van der Waals surface area contributed by atoms with Crippen molar-refractivity contribution in [1.82, 2.24) is 4.31 Å². The molecule has 2 heterocycles. The van der Waals surface area contributed by atoms with Crippen LogP contribution in [0.15, 0.2) is 29.2 Å². The topological polar surface area (TPSA) is 55.8 Å². The van der Waals surface area contributed by atoms with Gasteiger partial charge in [0.15, 0.2) is 11.5 Å². The third-order valence-corrected chi connectivity index (χ3v) is 9.47. The number of sulfonamides is 1. The van der Waals surface area contributed by atoms with Gasteiger partial charge in [-0.15, -0.1) is 0 Å². The molecule has 2 aromatic carbocycles. The maximum atomic E-state index is 13.6. The summed E-state index contributed by atoms with van der Waals surface area (Å²) in [5.74, 6) is 2.32. The van der Waals surface area contributed by atoms with Crippen LogP contribution in [-0.4, -0.2) is 38.4 Å². The largest absolute Gasteiger partial charge is 0.454 e. The van der Waals surface area contributed by atoms with Gasteiger partial charge in [0.05, 0.1) is 4.90 Å². The molecule has 2 aromatic rings. The molecular weight excluding hydrogens is 406 g/mol. The minimum absolute atomic E-state index is 0.242. The van der Waals surface area contributed by atoms with Crippen LogP contribution in [-0.2, 0) is 10.0 Å². The summed E-state index contributed by atoms with van der Waals surface area (Å²) in [6.45, 7) is 9.09. The Labute approximate surface area is 177 Å². The van der Waals surface area contributed by atoms with Gasteiger partial charge >= 0.3 is 0 Å². The minimum atomic E-state index is -3.53. The number of thioether (sulfide) groups is 1. The summed E-state index contributed by atoms with van der Waals surface area (Å²) >= 11 is 1.81. The molecule has 2 aliphatic heterocycles. The molecule has 1 unspecified atom stereocenters. The van der Waals surface area contributed by atoms with E-state index in [1.807, 2.05) is 51.6 Å². The van der Waals surface area contributed by atoms with Crippen LogP contribution in [0.1, 0.15) is 39.5 Å². The van der Waals surface area contributed by atoms with E-state index in [4.69, 9.17) is 9.47 Å². The summed E-state index contributed by atoms with van der Waals surface area (Å²) in [5, 5.41) is 0.242. The van der Waals surface area contributed by atoms with E-state index in [1.54, 1.807) is 4.31 Å². The second-order valence-electron chi connectivity index (χ2n) is 7.75. The molecule has 0 amide bonds. The average molecular weight is 434 g/mol. The Morgan fingerprint density at radius 3 is 2.38 bits per heavy atom. The molecule has 5 nitrogen and oxygen atoms in total. The van der Waals surface area contributed by atoms with Crippen molar-refractivity contribution in [3.63, 3.8) is 0 Å². The van der Waals surface area contributed by atoms with Crippen LogP contribution in [0.3, 0.4) is 0 Å². The Balaban J connectivity index is 1.59. The lowest BCUT2D eigenvalue weighted by molar-refractivity contribution is 0.174. The quantitative estimate of drug-likeness (QED) is 0.712. The summed E-state index contributed by atoms with van der Waals surface area (Å²) in [4.78, 5) is 0.488. The Morgan fingerprint density at radius 2 is 1.66 bits per heavy atom. The molecule has 0 aliphatic carbocycles. The smallest absolute Gasteiger partial charge is 0.243 e. The normalized spacial score (nSPS) is 19.9. The highest BCUT2D eigenvalue weighted by atomic mass is 32.2. The van der Waals surface area contributed by atoms with Crippen molar-refractivity contribution in [3.05, 3.63) is 52.1 Å². The van der Waals surface area contributed by atoms with Crippen LogP contribution in [0.2, 0.25) is 0 Å². The van der Waals surface area contributed by atoms with Crippen molar-refractivity contribution in [3.8, 4) is 11.5 Å². The van der Waals surface area contributed by atoms with Crippen LogP contribution < -0.4 is 9.47 Å². The first kappa shape index (κ1) is 20.6. The maximum absolute atomic E-state index is 13.6. The molecule has 156 valence electrons. The van der Waals surface area contributed by atoms with Gasteiger partial charge in [-0.3, -0.25) is 0 Å². The van der Waals surface area contributed by atoms with Gasteiger partial charge in [-0.2, -0.15) is 16.1 Å². The van der Waals surface area contributed by atoms with E-state index in [9.17, 15) is 8.42 Å². The first-order valence-electron chi connectivity index (χ1n) is 9.87. The van der Waals surface area contributed by atoms with Crippen LogP contribution in [0, 0.1) is 27.7 Å². The number of aryl methyl sites for hydroxylation is 2. The fraction of sp³-hybridized carbons (Fsp3) is 0.455. The van der Waals surface area contributed by atoms with Crippen LogP contribution >= 0.6 is 11.8 Å². The van der Waals surface area contributed by atoms with Gasteiger partial charge in [-0.05, 0) is 74.1 Å². The fourth-order valence-electron chi connectivity index (χ4n) is 4.07. The number of fused-ring (bicyclic) bond motifs is 1. The number of rotatable bonds is 3. The summed E-state index contributed by atoms with van der Waals surface area (Å²) in [6, 6.07) is 8.10. The first-order chi connectivity index (χ1) is 13.8. The van der Waals surface area contributed by atoms with Gasteiger partial charge in [-0.25, -0.2) is 8.42 Å². The first-order valence-corrected chi connectivity index (χ1v) is 12.4. The molecule has 1 saturated heterocycles. The lowest BCUT2D eigenvalue weighted by Crippen LogP contribution is -2.34. The number of benzene rings is 2. The summed E-state index contributed by atoms with van der Waals surface area (Å²) in [7, 11) is -3.53. The van der Waals surface area contributed by atoms with Crippen molar-refractivity contribution in [1.29, 1.82) is 0 Å².